The predicted molar refractivity (Wildman–Crippen MR) is 41.1 cm³/mol. The van der Waals surface area contributed by atoms with Crippen LogP contribution in [-0.4, -0.2) is 6.04 Å². The second-order valence-electron chi connectivity index (χ2n) is 2.77. The lowest BCUT2D eigenvalue weighted by Crippen LogP contribution is -2.60. The third kappa shape index (κ3) is 5.84. The van der Waals surface area contributed by atoms with Gasteiger partial charge in [-0.1, -0.05) is 26.7 Å². The van der Waals surface area contributed by atoms with Crippen LogP contribution in [0.3, 0.4) is 0 Å². The molecule has 0 amide bonds. The van der Waals surface area contributed by atoms with Crippen molar-refractivity contribution in [3.63, 3.8) is 0 Å². The fraction of sp³-hybridized carbons (Fsp3) is 1.00. The first kappa shape index (κ1) is 8.96. The van der Waals surface area contributed by atoms with Gasteiger partial charge in [0.05, 0.1) is 6.04 Å². The van der Waals surface area contributed by atoms with Gasteiger partial charge in [0.2, 0.25) is 0 Å². The Balaban J connectivity index is 2.88. The minimum Gasteiger partial charge on any atom is -0.355 e. The van der Waals surface area contributed by atoms with E-state index in [2.05, 4.69) is 19.6 Å². The third-order valence-corrected chi connectivity index (χ3v) is 1.79. The highest BCUT2D eigenvalue weighted by Crippen LogP contribution is 2.01. The summed E-state index contributed by atoms with van der Waals surface area (Å²) in [4.78, 5) is 0. The van der Waals surface area contributed by atoms with Crippen molar-refractivity contribution in [1.82, 2.24) is 0 Å². The average molecular weight is 130 g/mol. The van der Waals surface area contributed by atoms with Crippen LogP contribution < -0.4 is 5.73 Å². The molecule has 0 aliphatic rings. The van der Waals surface area contributed by atoms with Crippen molar-refractivity contribution < 1.29 is 5.73 Å². The maximum atomic E-state index is 4.03. The molecule has 0 bridgehead atoms. The van der Waals surface area contributed by atoms with Crippen LogP contribution in [0.1, 0.15) is 46.0 Å². The Morgan fingerprint density at radius 2 is 1.89 bits per heavy atom. The lowest BCUT2D eigenvalue weighted by Gasteiger charge is -2.02. The standard InChI is InChI=1S/C8H19N/c1-3-5-6-7-8(9)4-2/h8H,3-7,9H2,1-2H3/p+1. The van der Waals surface area contributed by atoms with Gasteiger partial charge < -0.3 is 5.73 Å². The van der Waals surface area contributed by atoms with E-state index < -0.39 is 0 Å². The van der Waals surface area contributed by atoms with E-state index in [-0.39, 0.29) is 0 Å². The zero-order valence-corrected chi connectivity index (χ0v) is 6.82. The van der Waals surface area contributed by atoms with Crippen LogP contribution in [0.15, 0.2) is 0 Å². The highest BCUT2D eigenvalue weighted by Gasteiger charge is 1.99. The maximum Gasteiger partial charge on any atom is 0.0840 e. The summed E-state index contributed by atoms with van der Waals surface area (Å²) in [6, 6.07) is 0.705. The molecule has 1 unspecified atom stereocenters. The van der Waals surface area contributed by atoms with E-state index in [0.29, 0.717) is 6.04 Å². The molecule has 0 rings (SSSR count). The largest absolute Gasteiger partial charge is 0.355 e. The average Bonchev–Trinajstić information content (AvgIpc) is 1.89. The molecule has 0 fully saturated rings. The van der Waals surface area contributed by atoms with E-state index in [1.54, 1.807) is 0 Å². The van der Waals surface area contributed by atoms with Crippen molar-refractivity contribution >= 4 is 0 Å². The summed E-state index contributed by atoms with van der Waals surface area (Å²) in [6.45, 7) is 4.45. The minimum absolute atomic E-state index is 0.705. The van der Waals surface area contributed by atoms with E-state index in [1.807, 2.05) is 0 Å². The third-order valence-electron chi connectivity index (χ3n) is 1.79. The normalized spacial score (nSPS) is 13.7. The summed E-state index contributed by atoms with van der Waals surface area (Å²) in [7, 11) is 0. The summed E-state index contributed by atoms with van der Waals surface area (Å²) in [5.74, 6) is 0. The molecule has 1 atom stereocenters. The molecule has 0 saturated carbocycles. The van der Waals surface area contributed by atoms with Crippen LogP contribution >= 0.6 is 0 Å². The van der Waals surface area contributed by atoms with E-state index in [0.717, 1.165) is 0 Å². The Hall–Kier alpha value is -0.0400. The van der Waals surface area contributed by atoms with Crippen molar-refractivity contribution in [2.24, 2.45) is 0 Å². The molecule has 0 aromatic heterocycles. The van der Waals surface area contributed by atoms with Crippen LogP contribution in [0, 0.1) is 0 Å². The number of rotatable bonds is 5. The smallest absolute Gasteiger partial charge is 0.0840 e. The zero-order valence-electron chi connectivity index (χ0n) is 6.82. The maximum absolute atomic E-state index is 4.03. The molecule has 0 spiro atoms. The Morgan fingerprint density at radius 1 is 1.22 bits per heavy atom. The molecule has 9 heavy (non-hydrogen) atoms. The molecule has 0 aliphatic heterocycles. The first-order valence-corrected chi connectivity index (χ1v) is 4.14. The topological polar surface area (TPSA) is 27.6 Å². The molecule has 3 N–H and O–H groups in total. The fourth-order valence-corrected chi connectivity index (χ4v) is 0.887. The van der Waals surface area contributed by atoms with Gasteiger partial charge in [0.1, 0.15) is 0 Å². The van der Waals surface area contributed by atoms with E-state index >= 15 is 0 Å². The summed E-state index contributed by atoms with van der Waals surface area (Å²) in [5, 5.41) is 0. The molecular formula is C8H20N+. The van der Waals surface area contributed by atoms with Crippen LogP contribution in [0.4, 0.5) is 0 Å². The van der Waals surface area contributed by atoms with Crippen LogP contribution in [0.5, 0.6) is 0 Å². The van der Waals surface area contributed by atoms with Gasteiger partial charge in [-0.15, -0.1) is 0 Å². The van der Waals surface area contributed by atoms with Crippen LogP contribution in [0.2, 0.25) is 0 Å². The molecule has 56 valence electrons. The molecule has 0 aliphatic carbocycles. The van der Waals surface area contributed by atoms with Gasteiger partial charge in [0.15, 0.2) is 0 Å². The van der Waals surface area contributed by atoms with E-state index in [1.165, 1.54) is 32.1 Å². The lowest BCUT2D eigenvalue weighted by molar-refractivity contribution is -0.421. The van der Waals surface area contributed by atoms with Gasteiger partial charge in [0, 0.05) is 0 Å². The second kappa shape index (κ2) is 6.09. The second-order valence-corrected chi connectivity index (χ2v) is 2.77. The molecule has 0 saturated heterocycles. The molecule has 1 nitrogen and oxygen atoms in total. The summed E-state index contributed by atoms with van der Waals surface area (Å²) < 4.78 is 0. The van der Waals surface area contributed by atoms with Gasteiger partial charge in [-0.2, -0.15) is 0 Å². The summed E-state index contributed by atoms with van der Waals surface area (Å²) >= 11 is 0. The zero-order chi connectivity index (χ0) is 7.11. The highest BCUT2D eigenvalue weighted by atomic mass is 14.6. The minimum atomic E-state index is 0.705. The SMILES string of the molecule is CCCCCC([NH3+])CC. The first-order valence-electron chi connectivity index (χ1n) is 4.14. The number of hydrogen-bond acceptors (Lipinski definition) is 0. The van der Waals surface area contributed by atoms with Crippen molar-refractivity contribution in [3.05, 3.63) is 0 Å². The Morgan fingerprint density at radius 3 is 2.33 bits per heavy atom. The number of hydrogen-bond donors (Lipinski definition) is 1. The lowest BCUT2D eigenvalue weighted by atomic mass is 10.1. The van der Waals surface area contributed by atoms with Gasteiger partial charge in [0.25, 0.3) is 0 Å². The molecule has 0 aromatic rings. The van der Waals surface area contributed by atoms with Crippen molar-refractivity contribution in [2.75, 3.05) is 0 Å². The van der Waals surface area contributed by atoms with Crippen molar-refractivity contribution in [2.45, 2.75) is 52.0 Å². The predicted octanol–water partition coefficient (Wildman–Crippen LogP) is 1.59. The van der Waals surface area contributed by atoms with Gasteiger partial charge in [-0.3, -0.25) is 0 Å². The molecular weight excluding hydrogens is 110 g/mol. The summed E-state index contributed by atoms with van der Waals surface area (Å²) in [6.07, 6.45) is 6.65. The summed E-state index contributed by atoms with van der Waals surface area (Å²) in [5.41, 5.74) is 4.03. The molecule has 0 radical (unpaired) electrons. The van der Waals surface area contributed by atoms with E-state index in [4.69, 9.17) is 0 Å². The van der Waals surface area contributed by atoms with Crippen molar-refractivity contribution in [1.29, 1.82) is 0 Å². The van der Waals surface area contributed by atoms with Crippen LogP contribution in [0.25, 0.3) is 0 Å². The van der Waals surface area contributed by atoms with Gasteiger partial charge >= 0.3 is 0 Å². The monoisotopic (exact) mass is 130 g/mol. The highest BCUT2D eigenvalue weighted by molar-refractivity contribution is 4.49. The van der Waals surface area contributed by atoms with E-state index in [9.17, 15) is 0 Å². The molecule has 0 heterocycles. The first-order chi connectivity index (χ1) is 4.31. The van der Waals surface area contributed by atoms with Gasteiger partial charge in [-0.25, -0.2) is 0 Å². The Kier molecular flexibility index (Phi) is 6.06. The Bertz CT molecular complexity index is 52.5. The Labute approximate surface area is 58.6 Å². The fourth-order valence-electron chi connectivity index (χ4n) is 0.887. The van der Waals surface area contributed by atoms with Crippen LogP contribution in [-0.2, 0) is 0 Å². The number of unbranched alkanes of at least 4 members (excludes halogenated alkanes) is 2. The quantitative estimate of drug-likeness (QED) is 0.547. The van der Waals surface area contributed by atoms with Crippen molar-refractivity contribution in [3.8, 4) is 0 Å². The van der Waals surface area contributed by atoms with Gasteiger partial charge in [-0.05, 0) is 19.3 Å². The molecule has 0 aromatic carbocycles. The number of quaternary nitrogens is 1. The molecule has 1 heteroatoms.